The predicted molar refractivity (Wildman–Crippen MR) is 117 cm³/mol. The number of rotatable bonds is 5. The third-order valence-electron chi connectivity index (χ3n) is 5.13. The minimum absolute atomic E-state index is 0.257. The number of aromatic nitrogens is 1. The second-order valence-electron chi connectivity index (χ2n) is 7.04. The highest BCUT2D eigenvalue weighted by Gasteiger charge is 2.17. The van der Waals surface area contributed by atoms with Crippen molar-refractivity contribution in [3.63, 3.8) is 0 Å². The highest BCUT2D eigenvalue weighted by atomic mass is 16.2. The molecule has 0 aliphatic heterocycles. The number of fused-ring (bicyclic) bond motifs is 3. The Morgan fingerprint density at radius 3 is 2.34 bits per heavy atom. The molecule has 3 aromatic carbocycles. The van der Waals surface area contributed by atoms with Crippen molar-refractivity contribution in [2.75, 3.05) is 5.32 Å². The Bertz CT molecular complexity index is 1190. The zero-order valence-electron chi connectivity index (χ0n) is 16.5. The van der Waals surface area contributed by atoms with Crippen LogP contribution in [-0.4, -0.2) is 22.4 Å². The van der Waals surface area contributed by atoms with Crippen molar-refractivity contribution in [2.45, 2.75) is 26.4 Å². The van der Waals surface area contributed by atoms with E-state index in [9.17, 15) is 9.59 Å². The van der Waals surface area contributed by atoms with Crippen LogP contribution in [0, 0.1) is 0 Å². The van der Waals surface area contributed by atoms with Crippen LogP contribution in [0.2, 0.25) is 0 Å². The normalized spacial score (nSPS) is 12.1. The van der Waals surface area contributed by atoms with Crippen molar-refractivity contribution in [2.24, 2.45) is 0 Å². The first-order valence-electron chi connectivity index (χ1n) is 9.76. The molecular weight excluding hydrogens is 362 g/mol. The highest BCUT2D eigenvalue weighted by molar-refractivity contribution is 6.10. The van der Waals surface area contributed by atoms with Gasteiger partial charge >= 0.3 is 0 Å². The van der Waals surface area contributed by atoms with Crippen LogP contribution in [-0.2, 0) is 11.3 Å². The van der Waals surface area contributed by atoms with Gasteiger partial charge in [-0.05, 0) is 50.2 Å². The van der Waals surface area contributed by atoms with E-state index in [0.29, 0.717) is 11.3 Å². The van der Waals surface area contributed by atoms with Crippen molar-refractivity contribution < 1.29 is 9.59 Å². The molecule has 0 bridgehead atoms. The summed E-state index contributed by atoms with van der Waals surface area (Å²) in [5, 5.41) is 7.92. The minimum atomic E-state index is -0.657. The van der Waals surface area contributed by atoms with E-state index in [1.165, 1.54) is 5.52 Å². The predicted octanol–water partition coefficient (Wildman–Crippen LogP) is 4.57. The Morgan fingerprint density at radius 2 is 1.59 bits per heavy atom. The second kappa shape index (κ2) is 7.80. The van der Waals surface area contributed by atoms with E-state index < -0.39 is 6.04 Å². The van der Waals surface area contributed by atoms with Gasteiger partial charge in [0.1, 0.15) is 6.04 Å². The topological polar surface area (TPSA) is 63.1 Å². The lowest BCUT2D eigenvalue weighted by Gasteiger charge is -2.14. The maximum atomic E-state index is 12.6. The summed E-state index contributed by atoms with van der Waals surface area (Å²) in [6.07, 6.45) is 0. The largest absolute Gasteiger partial charge is 0.341 e. The molecule has 0 aliphatic rings. The molecule has 146 valence electrons. The Morgan fingerprint density at radius 1 is 0.897 bits per heavy atom. The Kier molecular flexibility index (Phi) is 5.04. The molecule has 1 aromatic heterocycles. The Hall–Kier alpha value is -3.60. The lowest BCUT2D eigenvalue weighted by Crippen LogP contribution is -2.41. The van der Waals surface area contributed by atoms with Crippen molar-refractivity contribution in [3.8, 4) is 0 Å². The third-order valence-corrected chi connectivity index (χ3v) is 5.13. The SMILES string of the molecule is CCn1c2ccccc2c2cc(NC(=O)[C@H](C)NC(=O)c3ccccc3)ccc21. The molecule has 2 amide bonds. The first-order valence-corrected chi connectivity index (χ1v) is 9.76. The van der Waals surface area contributed by atoms with Gasteiger partial charge in [-0.3, -0.25) is 9.59 Å². The van der Waals surface area contributed by atoms with E-state index in [-0.39, 0.29) is 11.8 Å². The molecular formula is C24H23N3O2. The fourth-order valence-electron chi connectivity index (χ4n) is 3.66. The number of anilines is 1. The van der Waals surface area contributed by atoms with E-state index in [2.05, 4.69) is 34.3 Å². The monoisotopic (exact) mass is 385 g/mol. The quantitative estimate of drug-likeness (QED) is 0.528. The molecule has 4 aromatic rings. The van der Waals surface area contributed by atoms with Gasteiger partial charge in [0, 0.05) is 39.6 Å². The summed E-state index contributed by atoms with van der Waals surface area (Å²) >= 11 is 0. The van der Waals surface area contributed by atoms with Gasteiger partial charge in [-0.1, -0.05) is 36.4 Å². The van der Waals surface area contributed by atoms with E-state index >= 15 is 0 Å². The number of para-hydroxylation sites is 1. The number of nitrogens with zero attached hydrogens (tertiary/aromatic N) is 1. The van der Waals surface area contributed by atoms with Crippen molar-refractivity contribution in [3.05, 3.63) is 78.4 Å². The lowest BCUT2D eigenvalue weighted by atomic mass is 10.1. The maximum Gasteiger partial charge on any atom is 0.251 e. The van der Waals surface area contributed by atoms with Crippen LogP contribution in [0.4, 0.5) is 5.69 Å². The summed E-state index contributed by atoms with van der Waals surface area (Å²) in [6.45, 7) is 4.68. The fraction of sp³-hybridized carbons (Fsp3) is 0.167. The van der Waals surface area contributed by atoms with Crippen LogP contribution in [0.3, 0.4) is 0 Å². The molecule has 0 unspecified atom stereocenters. The molecule has 0 saturated heterocycles. The number of hydrogen-bond acceptors (Lipinski definition) is 2. The molecule has 0 saturated carbocycles. The van der Waals surface area contributed by atoms with Gasteiger partial charge in [0.25, 0.3) is 5.91 Å². The average molecular weight is 385 g/mol. The smallest absolute Gasteiger partial charge is 0.251 e. The zero-order valence-corrected chi connectivity index (χ0v) is 16.5. The van der Waals surface area contributed by atoms with E-state index in [1.54, 1.807) is 31.2 Å². The lowest BCUT2D eigenvalue weighted by molar-refractivity contribution is -0.117. The molecule has 0 aliphatic carbocycles. The van der Waals surface area contributed by atoms with Crippen molar-refractivity contribution >= 4 is 39.3 Å². The Balaban J connectivity index is 1.55. The van der Waals surface area contributed by atoms with E-state index in [0.717, 1.165) is 22.8 Å². The summed E-state index contributed by atoms with van der Waals surface area (Å²) in [4.78, 5) is 24.9. The van der Waals surface area contributed by atoms with Crippen molar-refractivity contribution in [1.29, 1.82) is 0 Å². The molecule has 29 heavy (non-hydrogen) atoms. The molecule has 1 atom stereocenters. The van der Waals surface area contributed by atoms with Gasteiger partial charge in [-0.25, -0.2) is 0 Å². The first-order chi connectivity index (χ1) is 14.1. The number of carbonyl (C=O) groups is 2. The highest BCUT2D eigenvalue weighted by Crippen LogP contribution is 2.31. The van der Waals surface area contributed by atoms with Gasteiger partial charge < -0.3 is 15.2 Å². The molecule has 4 rings (SSSR count). The van der Waals surface area contributed by atoms with Crippen molar-refractivity contribution in [1.82, 2.24) is 9.88 Å². The van der Waals surface area contributed by atoms with Gasteiger partial charge in [-0.15, -0.1) is 0 Å². The molecule has 0 fully saturated rings. The molecule has 0 radical (unpaired) electrons. The summed E-state index contributed by atoms with van der Waals surface area (Å²) in [5.74, 6) is -0.525. The first kappa shape index (κ1) is 18.7. The third kappa shape index (κ3) is 3.59. The summed E-state index contributed by atoms with van der Waals surface area (Å²) < 4.78 is 2.26. The number of carbonyl (C=O) groups excluding carboxylic acids is 2. The number of nitrogens with one attached hydrogen (secondary N) is 2. The van der Waals surface area contributed by atoms with Crippen LogP contribution in [0.25, 0.3) is 21.8 Å². The minimum Gasteiger partial charge on any atom is -0.341 e. The van der Waals surface area contributed by atoms with Crippen LogP contribution in [0.5, 0.6) is 0 Å². The summed E-state index contributed by atoms with van der Waals surface area (Å²) in [7, 11) is 0. The van der Waals surface area contributed by atoms with E-state index in [1.807, 2.05) is 36.4 Å². The number of aryl methyl sites for hydroxylation is 1. The van der Waals surface area contributed by atoms with Crippen LogP contribution in [0.1, 0.15) is 24.2 Å². The number of benzene rings is 3. The number of amides is 2. The molecule has 5 nitrogen and oxygen atoms in total. The average Bonchev–Trinajstić information content (AvgIpc) is 3.07. The van der Waals surface area contributed by atoms with Gasteiger partial charge in [0.15, 0.2) is 0 Å². The second-order valence-corrected chi connectivity index (χ2v) is 7.04. The fourth-order valence-corrected chi connectivity index (χ4v) is 3.66. The molecule has 5 heteroatoms. The Labute approximate surface area is 169 Å². The summed E-state index contributed by atoms with van der Waals surface area (Å²) in [5.41, 5.74) is 3.55. The standard InChI is InChI=1S/C24H23N3O2/c1-3-27-21-12-8-7-11-19(21)20-15-18(13-14-22(20)27)26-23(28)16(2)25-24(29)17-9-5-4-6-10-17/h4-16H,3H2,1-2H3,(H,25,29)(H,26,28)/t16-/m0/s1. The molecule has 1 heterocycles. The maximum absolute atomic E-state index is 12.6. The van der Waals surface area contributed by atoms with Gasteiger partial charge in [0.05, 0.1) is 0 Å². The molecule has 2 N–H and O–H groups in total. The van der Waals surface area contributed by atoms with Gasteiger partial charge in [0.2, 0.25) is 5.91 Å². The zero-order chi connectivity index (χ0) is 20.4. The van der Waals surface area contributed by atoms with E-state index in [4.69, 9.17) is 0 Å². The number of hydrogen-bond donors (Lipinski definition) is 2. The summed E-state index contributed by atoms with van der Waals surface area (Å²) in [6, 6.07) is 22.4. The van der Waals surface area contributed by atoms with Crippen LogP contribution < -0.4 is 10.6 Å². The van der Waals surface area contributed by atoms with Crippen LogP contribution in [0.15, 0.2) is 72.8 Å². The molecule has 0 spiro atoms. The van der Waals surface area contributed by atoms with Gasteiger partial charge in [-0.2, -0.15) is 0 Å². The van der Waals surface area contributed by atoms with Crippen LogP contribution >= 0.6 is 0 Å².